The fourth-order valence-corrected chi connectivity index (χ4v) is 2.44. The van der Waals surface area contributed by atoms with Gasteiger partial charge in [0.25, 0.3) is 0 Å². The minimum atomic E-state index is 0.919. The summed E-state index contributed by atoms with van der Waals surface area (Å²) in [7, 11) is 1.72. The van der Waals surface area contributed by atoms with E-state index in [1.54, 1.807) is 7.11 Å². The van der Waals surface area contributed by atoms with E-state index in [9.17, 15) is 0 Å². The van der Waals surface area contributed by atoms with E-state index >= 15 is 0 Å². The lowest BCUT2D eigenvalue weighted by Gasteiger charge is -2.12. The van der Waals surface area contributed by atoms with E-state index in [1.165, 1.54) is 27.5 Å². The Labute approximate surface area is 113 Å². The van der Waals surface area contributed by atoms with E-state index in [0.29, 0.717) is 0 Å². The van der Waals surface area contributed by atoms with Crippen molar-refractivity contribution in [1.82, 2.24) is 0 Å². The molecule has 0 atom stereocenters. The molecule has 94 valence electrons. The van der Waals surface area contributed by atoms with Crippen molar-refractivity contribution in [1.29, 1.82) is 0 Å². The zero-order chi connectivity index (χ0) is 13.2. The lowest BCUT2D eigenvalue weighted by atomic mass is 9.96. The van der Waals surface area contributed by atoms with Gasteiger partial charge in [0.05, 0.1) is 7.11 Å². The van der Waals surface area contributed by atoms with Crippen molar-refractivity contribution in [3.05, 3.63) is 66.2 Å². The molecular formula is C18H16O. The maximum atomic E-state index is 5.54. The second-order valence-corrected chi connectivity index (χ2v) is 4.73. The number of hydrogen-bond acceptors (Lipinski definition) is 1. The molecule has 0 fully saturated rings. The molecule has 0 saturated heterocycles. The molecule has 0 aliphatic rings. The summed E-state index contributed by atoms with van der Waals surface area (Å²) in [6, 6.07) is 21.1. The van der Waals surface area contributed by atoms with Crippen molar-refractivity contribution >= 4 is 10.8 Å². The summed E-state index contributed by atoms with van der Waals surface area (Å²) in [5.41, 5.74) is 3.63. The Morgan fingerprint density at radius 3 is 2.26 bits per heavy atom. The van der Waals surface area contributed by atoms with Crippen molar-refractivity contribution in [3.8, 4) is 16.9 Å². The summed E-state index contributed by atoms with van der Waals surface area (Å²) < 4.78 is 5.54. The molecule has 0 amide bonds. The van der Waals surface area contributed by atoms with Crippen LogP contribution in [0.3, 0.4) is 0 Å². The standard InChI is InChI=1S/C18H16O/c1-13-7-9-15(10-8-13)18-16-6-4-3-5-14(16)11-12-17(18)19-2/h3-12H,1-2H3. The SMILES string of the molecule is COc1ccc2ccccc2c1-c1ccc(C)cc1. The number of rotatable bonds is 2. The van der Waals surface area contributed by atoms with Crippen LogP contribution in [-0.2, 0) is 0 Å². The van der Waals surface area contributed by atoms with Gasteiger partial charge in [0.15, 0.2) is 0 Å². The smallest absolute Gasteiger partial charge is 0.127 e. The predicted molar refractivity (Wildman–Crippen MR) is 80.7 cm³/mol. The fraction of sp³-hybridized carbons (Fsp3) is 0.111. The van der Waals surface area contributed by atoms with Crippen LogP contribution in [-0.4, -0.2) is 7.11 Å². The summed E-state index contributed by atoms with van der Waals surface area (Å²) in [6.45, 7) is 2.10. The highest BCUT2D eigenvalue weighted by molar-refractivity contribution is 5.99. The van der Waals surface area contributed by atoms with E-state index in [0.717, 1.165) is 5.75 Å². The maximum absolute atomic E-state index is 5.54. The summed E-state index contributed by atoms with van der Waals surface area (Å²) in [5.74, 6) is 0.919. The van der Waals surface area contributed by atoms with E-state index in [2.05, 4.69) is 61.5 Å². The fourth-order valence-electron chi connectivity index (χ4n) is 2.44. The van der Waals surface area contributed by atoms with E-state index in [-0.39, 0.29) is 0 Å². The van der Waals surface area contributed by atoms with Crippen LogP contribution in [0.2, 0.25) is 0 Å². The minimum Gasteiger partial charge on any atom is -0.496 e. The highest BCUT2D eigenvalue weighted by Crippen LogP contribution is 2.36. The third kappa shape index (κ3) is 2.08. The third-order valence-corrected chi connectivity index (χ3v) is 3.45. The molecule has 19 heavy (non-hydrogen) atoms. The normalized spacial score (nSPS) is 10.6. The average molecular weight is 248 g/mol. The zero-order valence-electron chi connectivity index (χ0n) is 11.2. The highest BCUT2D eigenvalue weighted by Gasteiger charge is 2.09. The minimum absolute atomic E-state index is 0.919. The maximum Gasteiger partial charge on any atom is 0.127 e. The molecule has 0 saturated carbocycles. The quantitative estimate of drug-likeness (QED) is 0.631. The van der Waals surface area contributed by atoms with E-state index in [4.69, 9.17) is 4.74 Å². The Morgan fingerprint density at radius 1 is 0.789 bits per heavy atom. The van der Waals surface area contributed by atoms with Gasteiger partial charge in [0.1, 0.15) is 5.75 Å². The molecule has 3 rings (SSSR count). The van der Waals surface area contributed by atoms with Crippen LogP contribution in [0.15, 0.2) is 60.7 Å². The molecule has 0 heterocycles. The highest BCUT2D eigenvalue weighted by atomic mass is 16.5. The first-order valence-electron chi connectivity index (χ1n) is 6.42. The number of benzene rings is 3. The Morgan fingerprint density at radius 2 is 1.53 bits per heavy atom. The summed E-state index contributed by atoms with van der Waals surface area (Å²) in [5, 5.41) is 2.46. The largest absolute Gasteiger partial charge is 0.496 e. The van der Waals surface area contributed by atoms with Crippen LogP contribution in [0.4, 0.5) is 0 Å². The average Bonchev–Trinajstić information content (AvgIpc) is 2.47. The first-order valence-corrected chi connectivity index (χ1v) is 6.42. The van der Waals surface area contributed by atoms with Gasteiger partial charge in [0.2, 0.25) is 0 Å². The molecule has 1 heteroatoms. The molecule has 0 unspecified atom stereocenters. The lowest BCUT2D eigenvalue weighted by Crippen LogP contribution is -1.89. The van der Waals surface area contributed by atoms with Crippen molar-refractivity contribution < 1.29 is 4.74 Å². The molecule has 0 bridgehead atoms. The Kier molecular flexibility index (Phi) is 2.96. The first kappa shape index (κ1) is 11.8. The van der Waals surface area contributed by atoms with Gasteiger partial charge in [-0.3, -0.25) is 0 Å². The van der Waals surface area contributed by atoms with Crippen LogP contribution in [0.1, 0.15) is 5.56 Å². The topological polar surface area (TPSA) is 9.23 Å². The number of hydrogen-bond donors (Lipinski definition) is 0. The second kappa shape index (κ2) is 4.77. The number of aryl methyl sites for hydroxylation is 1. The van der Waals surface area contributed by atoms with Crippen molar-refractivity contribution in [2.75, 3.05) is 7.11 Å². The Bertz CT molecular complexity index is 711. The van der Waals surface area contributed by atoms with Gasteiger partial charge < -0.3 is 4.74 Å². The van der Waals surface area contributed by atoms with Gasteiger partial charge in [0, 0.05) is 5.56 Å². The van der Waals surface area contributed by atoms with Gasteiger partial charge in [-0.25, -0.2) is 0 Å². The van der Waals surface area contributed by atoms with E-state index in [1.807, 2.05) is 6.07 Å². The van der Waals surface area contributed by atoms with Gasteiger partial charge in [-0.05, 0) is 29.3 Å². The lowest BCUT2D eigenvalue weighted by molar-refractivity contribution is 0.417. The molecule has 1 nitrogen and oxygen atoms in total. The molecule has 0 radical (unpaired) electrons. The van der Waals surface area contributed by atoms with Crippen LogP contribution in [0.25, 0.3) is 21.9 Å². The van der Waals surface area contributed by atoms with Crippen LogP contribution < -0.4 is 4.74 Å². The second-order valence-electron chi connectivity index (χ2n) is 4.73. The molecule has 3 aromatic rings. The van der Waals surface area contributed by atoms with Crippen molar-refractivity contribution in [2.24, 2.45) is 0 Å². The summed E-state index contributed by atoms with van der Waals surface area (Å²) in [6.07, 6.45) is 0. The van der Waals surface area contributed by atoms with Crippen LogP contribution in [0, 0.1) is 6.92 Å². The summed E-state index contributed by atoms with van der Waals surface area (Å²) >= 11 is 0. The molecule has 0 aromatic heterocycles. The molecule has 3 aromatic carbocycles. The summed E-state index contributed by atoms with van der Waals surface area (Å²) in [4.78, 5) is 0. The Hall–Kier alpha value is -2.28. The molecule has 0 aliphatic heterocycles. The van der Waals surface area contributed by atoms with Crippen molar-refractivity contribution in [2.45, 2.75) is 6.92 Å². The van der Waals surface area contributed by atoms with Gasteiger partial charge >= 0.3 is 0 Å². The Balaban J connectivity index is 2.33. The molecule has 0 N–H and O–H groups in total. The third-order valence-electron chi connectivity index (χ3n) is 3.45. The first-order chi connectivity index (χ1) is 9.29. The number of methoxy groups -OCH3 is 1. The van der Waals surface area contributed by atoms with Gasteiger partial charge in [-0.15, -0.1) is 0 Å². The van der Waals surface area contributed by atoms with Crippen LogP contribution in [0.5, 0.6) is 5.75 Å². The number of ether oxygens (including phenoxy) is 1. The molecule has 0 spiro atoms. The molecule has 0 aliphatic carbocycles. The van der Waals surface area contributed by atoms with Gasteiger partial charge in [-0.1, -0.05) is 60.2 Å². The monoisotopic (exact) mass is 248 g/mol. The zero-order valence-corrected chi connectivity index (χ0v) is 11.2. The van der Waals surface area contributed by atoms with Crippen LogP contribution >= 0.6 is 0 Å². The van der Waals surface area contributed by atoms with Gasteiger partial charge in [-0.2, -0.15) is 0 Å². The van der Waals surface area contributed by atoms with Crippen molar-refractivity contribution in [3.63, 3.8) is 0 Å². The molecular weight excluding hydrogens is 232 g/mol. The number of fused-ring (bicyclic) bond motifs is 1. The van der Waals surface area contributed by atoms with E-state index < -0.39 is 0 Å². The predicted octanol–water partition coefficient (Wildman–Crippen LogP) is 4.82.